The molecule has 0 saturated heterocycles. The first-order valence-electron chi connectivity index (χ1n) is 3.35. The largest absolute Gasteiger partial charge is 0.384 e. The molecule has 10 heavy (non-hydrogen) atoms. The highest BCUT2D eigenvalue weighted by atomic mass is 16.5. The van der Waals surface area contributed by atoms with Crippen LogP contribution < -0.4 is 5.56 Å². The third-order valence-electron chi connectivity index (χ3n) is 1.18. The molecule has 1 heterocycles. The van der Waals surface area contributed by atoms with Crippen LogP contribution in [0.4, 0.5) is 0 Å². The first kappa shape index (κ1) is 7.12. The molecule has 0 atom stereocenters. The molecular weight excluding hydrogens is 130 g/mol. The van der Waals surface area contributed by atoms with Gasteiger partial charge in [-0.3, -0.25) is 4.79 Å². The normalized spacial score (nSPS) is 10.7. The molecule has 0 bridgehead atoms. The van der Waals surface area contributed by atoms with Gasteiger partial charge in [0.1, 0.15) is 6.26 Å². The summed E-state index contributed by atoms with van der Waals surface area (Å²) in [6.45, 7) is 4.73. The van der Waals surface area contributed by atoms with E-state index >= 15 is 0 Å². The summed E-state index contributed by atoms with van der Waals surface area (Å²) < 4.78 is 6.23. The van der Waals surface area contributed by atoms with Gasteiger partial charge in [0, 0.05) is 6.07 Å². The van der Waals surface area contributed by atoms with Gasteiger partial charge in [0.25, 0.3) is 5.56 Å². The van der Waals surface area contributed by atoms with E-state index in [1.54, 1.807) is 0 Å². The molecule has 0 N–H and O–H groups in total. The number of nitrogens with zero attached hydrogens (tertiary/aromatic N) is 1. The monoisotopic (exact) mass is 141 g/mol. The van der Waals surface area contributed by atoms with E-state index in [-0.39, 0.29) is 5.56 Å². The molecule has 0 aliphatic heterocycles. The summed E-state index contributed by atoms with van der Waals surface area (Å²) in [6.07, 6.45) is 1.41. The molecule has 3 heteroatoms. The second-order valence-corrected chi connectivity index (χ2v) is 2.70. The molecule has 1 rings (SSSR count). The molecule has 0 radical (unpaired) electrons. The highest BCUT2D eigenvalue weighted by Gasteiger charge is 1.99. The smallest absolute Gasteiger partial charge is 0.282 e. The molecule has 0 aromatic carbocycles. The number of aromatic nitrogens is 1. The van der Waals surface area contributed by atoms with E-state index in [0.29, 0.717) is 12.5 Å². The first-order valence-corrected chi connectivity index (χ1v) is 3.35. The Balaban J connectivity index is 2.75. The van der Waals surface area contributed by atoms with Crippen LogP contribution in [0.15, 0.2) is 21.6 Å². The highest BCUT2D eigenvalue weighted by Crippen LogP contribution is 1.94. The van der Waals surface area contributed by atoms with Crippen LogP contribution in [0.2, 0.25) is 0 Å². The maximum atomic E-state index is 10.8. The van der Waals surface area contributed by atoms with Crippen molar-refractivity contribution in [3.8, 4) is 0 Å². The van der Waals surface area contributed by atoms with Crippen LogP contribution >= 0.6 is 0 Å². The fourth-order valence-electron chi connectivity index (χ4n) is 0.762. The summed E-state index contributed by atoms with van der Waals surface area (Å²) in [6, 6.07) is 1.42. The Morgan fingerprint density at radius 2 is 2.40 bits per heavy atom. The molecule has 0 amide bonds. The van der Waals surface area contributed by atoms with Crippen molar-refractivity contribution in [3.05, 3.63) is 22.7 Å². The molecule has 0 aliphatic carbocycles. The molecule has 1 aromatic rings. The van der Waals surface area contributed by atoms with E-state index in [0.717, 1.165) is 0 Å². The van der Waals surface area contributed by atoms with Gasteiger partial charge in [0.15, 0.2) is 0 Å². The van der Waals surface area contributed by atoms with Gasteiger partial charge in [-0.2, -0.15) is 4.74 Å². The van der Waals surface area contributed by atoms with E-state index in [2.05, 4.69) is 0 Å². The van der Waals surface area contributed by atoms with Crippen LogP contribution in [0.3, 0.4) is 0 Å². The molecule has 3 nitrogen and oxygen atoms in total. The summed E-state index contributed by atoms with van der Waals surface area (Å²) >= 11 is 0. The Morgan fingerprint density at radius 1 is 1.70 bits per heavy atom. The zero-order valence-corrected chi connectivity index (χ0v) is 6.20. The lowest BCUT2D eigenvalue weighted by molar-refractivity contribution is 0.235. The zero-order chi connectivity index (χ0) is 7.56. The SMILES string of the molecule is CC(C)Cn1occc1=O. The summed E-state index contributed by atoms with van der Waals surface area (Å²) in [5.41, 5.74) is -0.0614. The molecular formula is C7H11NO2. The maximum Gasteiger partial charge on any atom is 0.282 e. The lowest BCUT2D eigenvalue weighted by Crippen LogP contribution is -2.16. The minimum Gasteiger partial charge on any atom is -0.384 e. The number of hydrogen-bond acceptors (Lipinski definition) is 2. The maximum absolute atomic E-state index is 10.8. The Bertz CT molecular complexity index is 246. The van der Waals surface area contributed by atoms with Crippen molar-refractivity contribution in [1.82, 2.24) is 4.74 Å². The topological polar surface area (TPSA) is 35.1 Å². The van der Waals surface area contributed by atoms with Crippen molar-refractivity contribution in [2.75, 3.05) is 0 Å². The number of hydrogen-bond donors (Lipinski definition) is 0. The predicted molar refractivity (Wildman–Crippen MR) is 37.8 cm³/mol. The Labute approximate surface area is 59.2 Å². The Kier molecular flexibility index (Phi) is 1.94. The molecule has 0 fully saturated rings. The van der Waals surface area contributed by atoms with Gasteiger partial charge in [-0.25, -0.2) is 0 Å². The fraction of sp³-hybridized carbons (Fsp3) is 0.571. The van der Waals surface area contributed by atoms with Crippen molar-refractivity contribution in [2.24, 2.45) is 5.92 Å². The van der Waals surface area contributed by atoms with Gasteiger partial charge < -0.3 is 4.52 Å². The van der Waals surface area contributed by atoms with Crippen molar-refractivity contribution in [2.45, 2.75) is 20.4 Å². The lowest BCUT2D eigenvalue weighted by Gasteiger charge is -2.01. The summed E-state index contributed by atoms with van der Waals surface area (Å²) in [5, 5.41) is 0. The number of rotatable bonds is 2. The zero-order valence-electron chi connectivity index (χ0n) is 6.20. The standard InChI is InChI=1S/C7H11NO2/c1-6(2)5-8-7(9)3-4-10-8/h3-4,6H,5H2,1-2H3. The molecule has 0 saturated carbocycles. The summed E-state index contributed by atoms with van der Waals surface area (Å²) in [7, 11) is 0. The molecule has 56 valence electrons. The fourth-order valence-corrected chi connectivity index (χ4v) is 0.762. The lowest BCUT2D eigenvalue weighted by atomic mass is 10.2. The average molecular weight is 141 g/mol. The van der Waals surface area contributed by atoms with Crippen LogP contribution in [0.5, 0.6) is 0 Å². The van der Waals surface area contributed by atoms with Crippen LogP contribution in [0, 0.1) is 5.92 Å². The van der Waals surface area contributed by atoms with Gasteiger partial charge in [0.2, 0.25) is 0 Å². The summed E-state index contributed by atoms with van der Waals surface area (Å²) in [5.74, 6) is 0.448. The second-order valence-electron chi connectivity index (χ2n) is 2.70. The third-order valence-corrected chi connectivity index (χ3v) is 1.18. The Morgan fingerprint density at radius 3 is 2.80 bits per heavy atom. The average Bonchev–Trinajstić information content (AvgIpc) is 2.15. The quantitative estimate of drug-likeness (QED) is 0.618. The first-order chi connectivity index (χ1) is 4.70. The van der Waals surface area contributed by atoms with E-state index in [1.807, 2.05) is 13.8 Å². The van der Waals surface area contributed by atoms with E-state index in [9.17, 15) is 4.79 Å². The van der Waals surface area contributed by atoms with Gasteiger partial charge >= 0.3 is 0 Å². The molecule has 0 unspecified atom stereocenters. The van der Waals surface area contributed by atoms with E-state index in [1.165, 1.54) is 17.1 Å². The molecule has 1 aromatic heterocycles. The summed E-state index contributed by atoms with van der Waals surface area (Å²) in [4.78, 5) is 10.8. The van der Waals surface area contributed by atoms with Crippen LogP contribution in [0.1, 0.15) is 13.8 Å². The van der Waals surface area contributed by atoms with Gasteiger partial charge in [-0.15, -0.1) is 0 Å². The van der Waals surface area contributed by atoms with Crippen molar-refractivity contribution in [1.29, 1.82) is 0 Å². The van der Waals surface area contributed by atoms with E-state index < -0.39 is 0 Å². The van der Waals surface area contributed by atoms with Gasteiger partial charge in [-0.05, 0) is 5.92 Å². The van der Waals surface area contributed by atoms with Crippen LogP contribution in [-0.2, 0) is 6.54 Å². The molecule has 0 spiro atoms. The van der Waals surface area contributed by atoms with Gasteiger partial charge in [0.05, 0.1) is 6.54 Å². The minimum absolute atomic E-state index is 0.0614. The third kappa shape index (κ3) is 1.50. The second kappa shape index (κ2) is 2.73. The van der Waals surface area contributed by atoms with Crippen LogP contribution in [-0.4, -0.2) is 4.74 Å². The highest BCUT2D eigenvalue weighted by molar-refractivity contribution is 4.75. The van der Waals surface area contributed by atoms with Crippen molar-refractivity contribution >= 4 is 0 Å². The van der Waals surface area contributed by atoms with Crippen molar-refractivity contribution in [3.63, 3.8) is 0 Å². The Hall–Kier alpha value is -0.990. The van der Waals surface area contributed by atoms with Crippen molar-refractivity contribution < 1.29 is 4.52 Å². The predicted octanol–water partition coefficient (Wildman–Crippen LogP) is 1.10. The van der Waals surface area contributed by atoms with E-state index in [4.69, 9.17) is 4.52 Å². The van der Waals surface area contributed by atoms with Gasteiger partial charge in [-0.1, -0.05) is 13.8 Å². The van der Waals surface area contributed by atoms with Crippen LogP contribution in [0.25, 0.3) is 0 Å². The minimum atomic E-state index is -0.0614. The molecule has 0 aliphatic rings.